The van der Waals surface area contributed by atoms with Crippen molar-refractivity contribution in [2.75, 3.05) is 36.0 Å². The maximum atomic E-state index is 11.5. The Hall–Kier alpha value is -1.20. The Balaban J connectivity index is 1.52. The molecule has 1 atom stereocenters. The Labute approximate surface area is 123 Å². The summed E-state index contributed by atoms with van der Waals surface area (Å²) in [6.45, 7) is 3.68. The molecule has 0 spiro atoms. The molecule has 1 amide bonds. The Morgan fingerprint density at radius 2 is 2.15 bits per heavy atom. The molecule has 2 bridgehead atoms. The molecule has 4 aliphatic rings. The Kier molecular flexibility index (Phi) is 3.11. The van der Waals surface area contributed by atoms with Crippen molar-refractivity contribution in [1.29, 1.82) is 0 Å². The fraction of sp³-hybridized carbons (Fsp3) is 0.533. The number of carbonyl (C=O) groups excluding carboxylic acids is 1. The van der Waals surface area contributed by atoms with Gasteiger partial charge in [0.1, 0.15) is 0 Å². The molecule has 106 valence electrons. The van der Waals surface area contributed by atoms with E-state index in [0.717, 1.165) is 23.8 Å². The molecule has 2 N–H and O–H groups in total. The van der Waals surface area contributed by atoms with E-state index in [4.69, 9.17) is 0 Å². The zero-order chi connectivity index (χ0) is 13.5. The van der Waals surface area contributed by atoms with Crippen LogP contribution in [0.2, 0.25) is 0 Å². The van der Waals surface area contributed by atoms with Gasteiger partial charge in [-0.15, -0.1) is 11.8 Å². The van der Waals surface area contributed by atoms with E-state index in [1.807, 2.05) is 0 Å². The van der Waals surface area contributed by atoms with Gasteiger partial charge in [-0.25, -0.2) is 0 Å². The first-order chi connectivity index (χ1) is 9.78. The number of anilines is 2. The molecular weight excluding hydrogens is 270 g/mol. The number of nitrogens with one attached hydrogen (secondary N) is 2. The van der Waals surface area contributed by atoms with E-state index in [0.29, 0.717) is 11.8 Å². The maximum Gasteiger partial charge on any atom is 0.234 e. The number of piperidine rings is 3. The number of carbonyl (C=O) groups is 1. The van der Waals surface area contributed by atoms with E-state index in [9.17, 15) is 4.79 Å². The van der Waals surface area contributed by atoms with Crippen molar-refractivity contribution in [3.63, 3.8) is 0 Å². The summed E-state index contributed by atoms with van der Waals surface area (Å²) in [6.07, 6.45) is 2.63. The Morgan fingerprint density at radius 1 is 1.30 bits per heavy atom. The van der Waals surface area contributed by atoms with Crippen LogP contribution in [0, 0.1) is 5.92 Å². The summed E-state index contributed by atoms with van der Waals surface area (Å²) in [7, 11) is 0. The van der Waals surface area contributed by atoms with Crippen LogP contribution in [-0.4, -0.2) is 42.2 Å². The molecule has 20 heavy (non-hydrogen) atoms. The van der Waals surface area contributed by atoms with Gasteiger partial charge < -0.3 is 15.5 Å². The zero-order valence-corrected chi connectivity index (χ0v) is 12.2. The van der Waals surface area contributed by atoms with E-state index in [1.165, 1.54) is 30.8 Å². The molecular formula is C15H19N3OS. The van der Waals surface area contributed by atoms with Crippen LogP contribution in [-0.2, 0) is 4.79 Å². The van der Waals surface area contributed by atoms with E-state index in [1.54, 1.807) is 11.8 Å². The quantitative estimate of drug-likeness (QED) is 0.876. The largest absolute Gasteiger partial charge is 0.381 e. The highest BCUT2D eigenvalue weighted by Crippen LogP contribution is 2.35. The number of hydrogen-bond acceptors (Lipinski definition) is 4. The Bertz CT molecular complexity index is 540. The standard InChI is InChI=1S/C15H19N3OS/c19-15-9-20-14-2-1-11(7-12(14)17-15)16-13-8-18-5-3-10(13)4-6-18/h1-2,7,10,13,16H,3-6,8-9H2,(H,17,19). The Morgan fingerprint density at radius 3 is 2.90 bits per heavy atom. The summed E-state index contributed by atoms with van der Waals surface area (Å²) < 4.78 is 0. The molecule has 5 rings (SSSR count). The molecule has 0 saturated carbocycles. The second-order valence-corrected chi connectivity index (χ2v) is 6.95. The van der Waals surface area contributed by atoms with Gasteiger partial charge in [-0.2, -0.15) is 0 Å². The number of benzene rings is 1. The number of hydrogen-bond donors (Lipinski definition) is 2. The molecule has 4 aliphatic heterocycles. The highest BCUT2D eigenvalue weighted by Gasteiger charge is 2.34. The lowest BCUT2D eigenvalue weighted by molar-refractivity contribution is -0.113. The van der Waals surface area contributed by atoms with Gasteiger partial charge in [0.2, 0.25) is 5.91 Å². The second kappa shape index (κ2) is 4.97. The highest BCUT2D eigenvalue weighted by molar-refractivity contribution is 8.00. The SMILES string of the molecule is O=C1CSc2ccc(NC3CN4CCC3CC4)cc2N1. The lowest BCUT2D eigenvalue weighted by atomic mass is 9.84. The summed E-state index contributed by atoms with van der Waals surface area (Å²) in [6, 6.07) is 6.89. The van der Waals surface area contributed by atoms with Crippen LogP contribution >= 0.6 is 11.8 Å². The third-order valence-corrected chi connectivity index (χ3v) is 5.69. The predicted molar refractivity (Wildman–Crippen MR) is 82.4 cm³/mol. The molecule has 1 unspecified atom stereocenters. The van der Waals surface area contributed by atoms with Crippen LogP contribution in [0.15, 0.2) is 23.1 Å². The number of rotatable bonds is 2. The third-order valence-electron chi connectivity index (χ3n) is 4.62. The van der Waals surface area contributed by atoms with E-state index in [-0.39, 0.29) is 5.91 Å². The van der Waals surface area contributed by atoms with Crippen molar-refractivity contribution < 1.29 is 4.79 Å². The molecule has 3 fully saturated rings. The number of amides is 1. The first kappa shape index (κ1) is 12.5. The van der Waals surface area contributed by atoms with Crippen molar-refractivity contribution >= 4 is 29.0 Å². The molecule has 1 aromatic rings. The van der Waals surface area contributed by atoms with Crippen LogP contribution < -0.4 is 10.6 Å². The van der Waals surface area contributed by atoms with E-state index >= 15 is 0 Å². The molecule has 0 aromatic heterocycles. The molecule has 0 aliphatic carbocycles. The van der Waals surface area contributed by atoms with Crippen LogP contribution in [0.5, 0.6) is 0 Å². The lowest BCUT2D eigenvalue weighted by Crippen LogP contribution is -2.53. The van der Waals surface area contributed by atoms with Gasteiger partial charge in [0.25, 0.3) is 0 Å². The smallest absolute Gasteiger partial charge is 0.234 e. The highest BCUT2D eigenvalue weighted by atomic mass is 32.2. The van der Waals surface area contributed by atoms with E-state index in [2.05, 4.69) is 33.7 Å². The second-order valence-electron chi connectivity index (χ2n) is 5.94. The number of nitrogens with zero attached hydrogens (tertiary/aromatic N) is 1. The normalized spacial score (nSPS) is 31.6. The minimum atomic E-state index is 0.0995. The summed E-state index contributed by atoms with van der Waals surface area (Å²) in [5.74, 6) is 1.43. The fourth-order valence-corrected chi connectivity index (χ4v) is 4.30. The van der Waals surface area contributed by atoms with Gasteiger partial charge in [0, 0.05) is 23.2 Å². The first-order valence-corrected chi connectivity index (χ1v) is 8.32. The number of thioether (sulfide) groups is 1. The van der Waals surface area contributed by atoms with Crippen LogP contribution in [0.3, 0.4) is 0 Å². The van der Waals surface area contributed by atoms with Crippen molar-refractivity contribution in [2.45, 2.75) is 23.8 Å². The fourth-order valence-electron chi connectivity index (χ4n) is 3.52. The maximum absolute atomic E-state index is 11.5. The van der Waals surface area contributed by atoms with Crippen molar-refractivity contribution in [1.82, 2.24) is 4.90 Å². The molecule has 0 radical (unpaired) electrons. The van der Waals surface area contributed by atoms with Crippen molar-refractivity contribution in [3.05, 3.63) is 18.2 Å². The van der Waals surface area contributed by atoms with Crippen molar-refractivity contribution in [3.8, 4) is 0 Å². The van der Waals surface area contributed by atoms with Crippen LogP contribution in [0.4, 0.5) is 11.4 Å². The molecule has 3 saturated heterocycles. The lowest BCUT2D eigenvalue weighted by Gasteiger charge is -2.45. The summed E-state index contributed by atoms with van der Waals surface area (Å²) in [5.41, 5.74) is 2.09. The molecule has 5 heteroatoms. The monoisotopic (exact) mass is 289 g/mol. The van der Waals surface area contributed by atoms with Crippen LogP contribution in [0.25, 0.3) is 0 Å². The van der Waals surface area contributed by atoms with Gasteiger partial charge in [-0.3, -0.25) is 4.79 Å². The third kappa shape index (κ3) is 2.29. The molecule has 4 nitrogen and oxygen atoms in total. The topological polar surface area (TPSA) is 44.4 Å². The first-order valence-electron chi connectivity index (χ1n) is 7.33. The predicted octanol–water partition coefficient (Wildman–Crippen LogP) is 2.24. The zero-order valence-electron chi connectivity index (χ0n) is 11.4. The summed E-state index contributed by atoms with van der Waals surface area (Å²) in [4.78, 5) is 15.2. The van der Waals surface area contributed by atoms with Gasteiger partial charge in [0.15, 0.2) is 0 Å². The summed E-state index contributed by atoms with van der Waals surface area (Å²) in [5, 5.41) is 6.64. The average Bonchev–Trinajstić information content (AvgIpc) is 2.48. The minimum absolute atomic E-state index is 0.0995. The van der Waals surface area contributed by atoms with Gasteiger partial charge in [-0.1, -0.05) is 0 Å². The average molecular weight is 289 g/mol. The van der Waals surface area contributed by atoms with Gasteiger partial charge in [0.05, 0.1) is 11.4 Å². The van der Waals surface area contributed by atoms with Crippen LogP contribution in [0.1, 0.15) is 12.8 Å². The van der Waals surface area contributed by atoms with E-state index < -0.39 is 0 Å². The molecule has 4 heterocycles. The number of fused-ring (bicyclic) bond motifs is 4. The summed E-state index contributed by atoms with van der Waals surface area (Å²) >= 11 is 1.62. The molecule has 1 aromatic carbocycles. The minimum Gasteiger partial charge on any atom is -0.381 e. The van der Waals surface area contributed by atoms with Crippen molar-refractivity contribution in [2.24, 2.45) is 5.92 Å². The van der Waals surface area contributed by atoms with Gasteiger partial charge in [-0.05, 0) is 50.0 Å². The van der Waals surface area contributed by atoms with Gasteiger partial charge >= 0.3 is 0 Å².